The monoisotopic (exact) mass is 343 g/mol. The third-order valence-corrected chi connectivity index (χ3v) is 4.18. The number of rotatable bonds is 2. The molecule has 0 unspecified atom stereocenters. The summed E-state index contributed by atoms with van der Waals surface area (Å²) < 4.78 is 5.86. The van der Waals surface area contributed by atoms with Gasteiger partial charge < -0.3 is 10.1 Å². The number of hydrogen-bond donors (Lipinski definition) is 1. The Morgan fingerprint density at radius 3 is 2.78 bits per heavy atom. The first kappa shape index (κ1) is 14.3. The average molecular weight is 344 g/mol. The van der Waals surface area contributed by atoms with Crippen LogP contribution in [0.5, 0.6) is 11.6 Å². The molecule has 0 saturated carbocycles. The van der Waals surface area contributed by atoms with E-state index in [4.69, 9.17) is 27.9 Å². The van der Waals surface area contributed by atoms with Crippen LogP contribution in [0.4, 0.5) is 11.5 Å². The van der Waals surface area contributed by atoms with Crippen LogP contribution < -0.4 is 10.1 Å². The highest BCUT2D eigenvalue weighted by Crippen LogP contribution is 2.38. The lowest BCUT2D eigenvalue weighted by Gasteiger charge is -2.21. The van der Waals surface area contributed by atoms with Crippen molar-refractivity contribution in [2.75, 3.05) is 5.32 Å². The Kier molecular flexibility index (Phi) is 3.56. The summed E-state index contributed by atoms with van der Waals surface area (Å²) in [4.78, 5) is 8.56. The minimum atomic E-state index is 0.530. The topological polar surface area (TPSA) is 47.0 Å². The molecule has 4 rings (SSSR count). The van der Waals surface area contributed by atoms with Crippen LogP contribution in [0, 0.1) is 0 Å². The number of aromatic nitrogens is 2. The molecule has 1 aliphatic rings. The third kappa shape index (κ3) is 2.71. The summed E-state index contributed by atoms with van der Waals surface area (Å²) in [6.07, 6.45) is 2.17. The number of fused-ring (bicyclic) bond motifs is 2. The lowest BCUT2D eigenvalue weighted by Crippen LogP contribution is -2.09. The molecule has 2 aromatic carbocycles. The van der Waals surface area contributed by atoms with Gasteiger partial charge in [0.15, 0.2) is 0 Å². The minimum absolute atomic E-state index is 0.530. The molecular weight excluding hydrogens is 333 g/mol. The van der Waals surface area contributed by atoms with Gasteiger partial charge in [-0.3, -0.25) is 0 Å². The van der Waals surface area contributed by atoms with E-state index in [0.717, 1.165) is 22.6 Å². The molecule has 114 valence electrons. The van der Waals surface area contributed by atoms with Crippen LogP contribution in [0.2, 0.25) is 10.0 Å². The molecule has 0 bridgehead atoms. The summed E-state index contributed by atoms with van der Waals surface area (Å²) in [7, 11) is 0. The van der Waals surface area contributed by atoms with E-state index >= 15 is 0 Å². The van der Waals surface area contributed by atoms with Crippen LogP contribution in [-0.2, 0) is 6.42 Å². The van der Waals surface area contributed by atoms with Crippen molar-refractivity contribution in [2.45, 2.75) is 6.42 Å². The van der Waals surface area contributed by atoms with Gasteiger partial charge in [-0.15, -0.1) is 0 Å². The van der Waals surface area contributed by atoms with Crippen LogP contribution in [0.15, 0.2) is 48.8 Å². The molecule has 0 saturated heterocycles. The average Bonchev–Trinajstić information content (AvgIpc) is 2.56. The number of halogens is 2. The first-order chi connectivity index (χ1) is 11.2. The Balaban J connectivity index is 1.72. The lowest BCUT2D eigenvalue weighted by atomic mass is 10.0. The first-order valence-electron chi connectivity index (χ1n) is 7.02. The zero-order chi connectivity index (χ0) is 15.8. The summed E-state index contributed by atoms with van der Waals surface area (Å²) in [5.74, 6) is 2.06. The van der Waals surface area contributed by atoms with Gasteiger partial charge in [0.05, 0.1) is 16.3 Å². The van der Waals surface area contributed by atoms with Crippen molar-refractivity contribution in [3.05, 3.63) is 70.0 Å². The normalized spacial score (nSPS) is 12.1. The number of anilines is 2. The number of nitrogens with zero attached hydrogens (tertiary/aromatic N) is 2. The SMILES string of the molecule is Clc1ccc(Nc2ncnc3c2Cc2ccccc2O3)c(Cl)c1. The Bertz CT molecular complexity index is 899. The van der Waals surface area contributed by atoms with Gasteiger partial charge in [-0.1, -0.05) is 41.4 Å². The highest BCUT2D eigenvalue weighted by molar-refractivity contribution is 6.36. The maximum Gasteiger partial charge on any atom is 0.227 e. The largest absolute Gasteiger partial charge is 0.438 e. The molecule has 0 amide bonds. The predicted molar refractivity (Wildman–Crippen MR) is 91.1 cm³/mol. The van der Waals surface area contributed by atoms with Gasteiger partial charge in [-0.25, -0.2) is 9.97 Å². The Morgan fingerprint density at radius 2 is 1.91 bits per heavy atom. The first-order valence-corrected chi connectivity index (χ1v) is 7.78. The van der Waals surface area contributed by atoms with Gasteiger partial charge in [0, 0.05) is 11.4 Å². The van der Waals surface area contributed by atoms with Crippen LogP contribution >= 0.6 is 23.2 Å². The molecule has 3 aromatic rings. The third-order valence-electron chi connectivity index (χ3n) is 3.64. The Hall–Kier alpha value is -2.30. The van der Waals surface area contributed by atoms with E-state index in [1.54, 1.807) is 12.1 Å². The van der Waals surface area contributed by atoms with Gasteiger partial charge in [-0.05, 0) is 29.8 Å². The van der Waals surface area contributed by atoms with Crippen molar-refractivity contribution >= 4 is 34.7 Å². The van der Waals surface area contributed by atoms with E-state index in [2.05, 4.69) is 15.3 Å². The smallest absolute Gasteiger partial charge is 0.227 e. The number of benzene rings is 2. The predicted octanol–water partition coefficient (Wildman–Crippen LogP) is 5.22. The fourth-order valence-corrected chi connectivity index (χ4v) is 2.97. The highest BCUT2D eigenvalue weighted by atomic mass is 35.5. The second kappa shape index (κ2) is 5.72. The van der Waals surface area contributed by atoms with E-state index < -0.39 is 0 Å². The van der Waals surface area contributed by atoms with Crippen LogP contribution in [-0.4, -0.2) is 9.97 Å². The standard InChI is InChI=1S/C17H11Cl2N3O/c18-11-5-6-14(13(19)8-11)22-16-12-7-10-3-1-2-4-15(10)23-17(12)21-9-20-16/h1-6,8-9H,7H2,(H,20,21,22). The quantitative estimate of drug-likeness (QED) is 0.541. The molecule has 0 aliphatic carbocycles. The molecule has 4 nitrogen and oxygen atoms in total. The van der Waals surface area contributed by atoms with E-state index in [0.29, 0.717) is 28.2 Å². The molecule has 1 aromatic heterocycles. The maximum atomic E-state index is 6.22. The molecule has 0 spiro atoms. The van der Waals surface area contributed by atoms with E-state index in [1.807, 2.05) is 30.3 Å². The van der Waals surface area contributed by atoms with Crippen molar-refractivity contribution in [1.29, 1.82) is 0 Å². The summed E-state index contributed by atoms with van der Waals surface area (Å²) in [6.45, 7) is 0. The van der Waals surface area contributed by atoms with Crippen LogP contribution in [0.1, 0.15) is 11.1 Å². The summed E-state index contributed by atoms with van der Waals surface area (Å²) in [6, 6.07) is 13.2. The molecule has 0 fully saturated rings. The summed E-state index contributed by atoms with van der Waals surface area (Å²) in [5.41, 5.74) is 2.73. The van der Waals surface area contributed by atoms with Gasteiger partial charge in [0.2, 0.25) is 5.88 Å². The van der Waals surface area contributed by atoms with Crippen LogP contribution in [0.3, 0.4) is 0 Å². The lowest BCUT2D eigenvalue weighted by molar-refractivity contribution is 0.439. The van der Waals surface area contributed by atoms with Crippen molar-refractivity contribution in [2.24, 2.45) is 0 Å². The van der Waals surface area contributed by atoms with E-state index in [-0.39, 0.29) is 0 Å². The van der Waals surface area contributed by atoms with E-state index in [9.17, 15) is 0 Å². The number of ether oxygens (including phenoxy) is 1. The van der Waals surface area contributed by atoms with Gasteiger partial charge in [-0.2, -0.15) is 0 Å². The molecule has 6 heteroatoms. The summed E-state index contributed by atoms with van der Waals surface area (Å²) in [5, 5.41) is 4.35. The van der Waals surface area contributed by atoms with E-state index in [1.165, 1.54) is 6.33 Å². The second-order valence-corrected chi connectivity index (χ2v) is 5.99. The zero-order valence-corrected chi connectivity index (χ0v) is 13.4. The van der Waals surface area contributed by atoms with Crippen molar-refractivity contribution in [1.82, 2.24) is 9.97 Å². The van der Waals surface area contributed by atoms with Gasteiger partial charge in [0.1, 0.15) is 17.9 Å². The fraction of sp³-hybridized carbons (Fsp3) is 0.0588. The van der Waals surface area contributed by atoms with Gasteiger partial charge >= 0.3 is 0 Å². The van der Waals surface area contributed by atoms with Crippen molar-refractivity contribution in [3.63, 3.8) is 0 Å². The molecule has 2 heterocycles. The van der Waals surface area contributed by atoms with Crippen molar-refractivity contribution < 1.29 is 4.74 Å². The molecule has 23 heavy (non-hydrogen) atoms. The molecule has 1 N–H and O–H groups in total. The molecule has 0 atom stereocenters. The second-order valence-electron chi connectivity index (χ2n) is 5.14. The van der Waals surface area contributed by atoms with Crippen molar-refractivity contribution in [3.8, 4) is 11.6 Å². The van der Waals surface area contributed by atoms with Crippen LogP contribution in [0.25, 0.3) is 0 Å². The minimum Gasteiger partial charge on any atom is -0.438 e. The maximum absolute atomic E-state index is 6.22. The number of nitrogens with one attached hydrogen (secondary N) is 1. The molecular formula is C17H11Cl2N3O. The highest BCUT2D eigenvalue weighted by Gasteiger charge is 2.21. The Labute approximate surface area is 143 Å². The Morgan fingerprint density at radius 1 is 1.04 bits per heavy atom. The molecule has 0 radical (unpaired) electrons. The number of hydrogen-bond acceptors (Lipinski definition) is 4. The fourth-order valence-electron chi connectivity index (χ4n) is 2.51. The summed E-state index contributed by atoms with van der Waals surface area (Å²) >= 11 is 12.2. The number of para-hydroxylation sites is 1. The molecule has 1 aliphatic heterocycles. The van der Waals surface area contributed by atoms with Gasteiger partial charge in [0.25, 0.3) is 0 Å². The zero-order valence-electron chi connectivity index (χ0n) is 11.9.